The third-order valence-corrected chi connectivity index (χ3v) is 4.70. The summed E-state index contributed by atoms with van der Waals surface area (Å²) in [5.41, 5.74) is 2.19. The van der Waals surface area contributed by atoms with Gasteiger partial charge in [0, 0.05) is 36.6 Å². The van der Waals surface area contributed by atoms with Gasteiger partial charge in [0.2, 0.25) is 0 Å². The standard InChI is InChI=1S/C18H22N4OS/c1-3-23-17-7-5-16(6-8-17)20-18-22(15(2)13-24-18)11-4-10-21-12-9-19-14-21/h5-9,12-14H,3-4,10-11H2,1-2H3. The lowest BCUT2D eigenvalue weighted by molar-refractivity contribution is 0.340. The molecule has 0 saturated heterocycles. The van der Waals surface area contributed by atoms with Crippen LogP contribution in [0.3, 0.4) is 0 Å². The van der Waals surface area contributed by atoms with Gasteiger partial charge in [-0.1, -0.05) is 0 Å². The van der Waals surface area contributed by atoms with Crippen LogP contribution in [0.4, 0.5) is 5.69 Å². The van der Waals surface area contributed by atoms with Gasteiger partial charge < -0.3 is 13.9 Å². The molecule has 6 heteroatoms. The molecular formula is C18H22N4OS. The lowest BCUT2D eigenvalue weighted by atomic mass is 10.3. The van der Waals surface area contributed by atoms with Gasteiger partial charge in [0.15, 0.2) is 4.80 Å². The van der Waals surface area contributed by atoms with Crippen LogP contribution in [0.2, 0.25) is 0 Å². The van der Waals surface area contributed by atoms with Crippen molar-refractivity contribution in [3.8, 4) is 5.75 Å². The van der Waals surface area contributed by atoms with Crippen molar-refractivity contribution in [3.05, 3.63) is 58.9 Å². The molecule has 24 heavy (non-hydrogen) atoms. The molecule has 0 amide bonds. The number of aromatic nitrogens is 3. The highest BCUT2D eigenvalue weighted by molar-refractivity contribution is 7.07. The number of hydrogen-bond acceptors (Lipinski definition) is 4. The fraction of sp³-hybridized carbons (Fsp3) is 0.333. The van der Waals surface area contributed by atoms with Crippen LogP contribution in [-0.4, -0.2) is 20.7 Å². The van der Waals surface area contributed by atoms with Gasteiger partial charge in [-0.2, -0.15) is 0 Å². The van der Waals surface area contributed by atoms with Crippen LogP contribution in [0, 0.1) is 6.92 Å². The smallest absolute Gasteiger partial charge is 0.190 e. The number of nitrogens with zero attached hydrogens (tertiary/aromatic N) is 4. The number of aryl methyl sites for hydroxylation is 2. The summed E-state index contributed by atoms with van der Waals surface area (Å²) in [5, 5.41) is 2.16. The first-order valence-electron chi connectivity index (χ1n) is 8.14. The van der Waals surface area contributed by atoms with Crippen molar-refractivity contribution in [1.29, 1.82) is 0 Å². The topological polar surface area (TPSA) is 44.3 Å². The lowest BCUT2D eigenvalue weighted by Crippen LogP contribution is -2.17. The molecule has 2 aromatic heterocycles. The molecular weight excluding hydrogens is 320 g/mol. The Balaban J connectivity index is 1.73. The molecule has 0 unspecified atom stereocenters. The summed E-state index contributed by atoms with van der Waals surface area (Å²) in [6, 6.07) is 7.92. The zero-order chi connectivity index (χ0) is 16.8. The largest absolute Gasteiger partial charge is 0.494 e. The number of hydrogen-bond donors (Lipinski definition) is 0. The maximum Gasteiger partial charge on any atom is 0.190 e. The Hall–Kier alpha value is -2.34. The van der Waals surface area contributed by atoms with E-state index in [0.29, 0.717) is 6.61 Å². The second kappa shape index (κ2) is 7.97. The Bertz CT molecular complexity index is 816. The Morgan fingerprint density at radius 2 is 2.04 bits per heavy atom. The van der Waals surface area contributed by atoms with E-state index in [4.69, 9.17) is 9.73 Å². The summed E-state index contributed by atoms with van der Waals surface area (Å²) in [7, 11) is 0. The van der Waals surface area contributed by atoms with Crippen molar-refractivity contribution < 1.29 is 4.74 Å². The molecule has 2 heterocycles. The molecule has 1 aromatic carbocycles. The summed E-state index contributed by atoms with van der Waals surface area (Å²) in [6.45, 7) is 6.70. The zero-order valence-electron chi connectivity index (χ0n) is 14.1. The minimum atomic E-state index is 0.678. The first-order chi connectivity index (χ1) is 11.8. The van der Waals surface area contributed by atoms with Crippen LogP contribution in [0.5, 0.6) is 5.75 Å². The van der Waals surface area contributed by atoms with Gasteiger partial charge in [-0.15, -0.1) is 11.3 Å². The average Bonchev–Trinajstić information content (AvgIpc) is 3.22. The van der Waals surface area contributed by atoms with Crippen molar-refractivity contribution in [3.63, 3.8) is 0 Å². The zero-order valence-corrected chi connectivity index (χ0v) is 14.9. The monoisotopic (exact) mass is 342 g/mol. The molecule has 0 radical (unpaired) electrons. The molecule has 0 atom stereocenters. The van der Waals surface area contributed by atoms with E-state index in [1.165, 1.54) is 5.69 Å². The number of thiazole rings is 1. The minimum Gasteiger partial charge on any atom is -0.494 e. The van der Waals surface area contributed by atoms with Crippen LogP contribution < -0.4 is 9.54 Å². The van der Waals surface area contributed by atoms with Crippen LogP contribution in [0.1, 0.15) is 19.0 Å². The SMILES string of the molecule is CCOc1ccc(N=c2scc(C)n2CCCn2ccnc2)cc1. The molecule has 0 fully saturated rings. The molecule has 0 N–H and O–H groups in total. The molecule has 3 rings (SSSR count). The molecule has 0 aliphatic rings. The van der Waals surface area contributed by atoms with E-state index in [-0.39, 0.29) is 0 Å². The van der Waals surface area contributed by atoms with Gasteiger partial charge in [0.05, 0.1) is 18.6 Å². The Morgan fingerprint density at radius 1 is 1.21 bits per heavy atom. The quantitative estimate of drug-likeness (QED) is 0.656. The third kappa shape index (κ3) is 4.14. The van der Waals surface area contributed by atoms with Crippen molar-refractivity contribution in [2.75, 3.05) is 6.61 Å². The van der Waals surface area contributed by atoms with Gasteiger partial charge in [-0.25, -0.2) is 9.98 Å². The fourth-order valence-corrected chi connectivity index (χ4v) is 3.42. The highest BCUT2D eigenvalue weighted by Gasteiger charge is 2.02. The van der Waals surface area contributed by atoms with E-state index < -0.39 is 0 Å². The number of ether oxygens (including phenoxy) is 1. The molecule has 0 bridgehead atoms. The second-order valence-corrected chi connectivity index (χ2v) is 6.34. The average molecular weight is 342 g/mol. The first kappa shape index (κ1) is 16.5. The predicted molar refractivity (Wildman–Crippen MR) is 96.7 cm³/mol. The van der Waals surface area contributed by atoms with E-state index in [1.807, 2.05) is 49.9 Å². The Kier molecular flexibility index (Phi) is 5.48. The Labute approximate surface area is 145 Å². The van der Waals surface area contributed by atoms with Gasteiger partial charge >= 0.3 is 0 Å². The van der Waals surface area contributed by atoms with E-state index in [0.717, 1.165) is 35.7 Å². The summed E-state index contributed by atoms with van der Waals surface area (Å²) >= 11 is 1.68. The molecule has 0 aliphatic heterocycles. The molecule has 126 valence electrons. The number of imidazole rings is 1. The van der Waals surface area contributed by atoms with E-state index >= 15 is 0 Å². The highest BCUT2D eigenvalue weighted by atomic mass is 32.1. The molecule has 0 saturated carbocycles. The summed E-state index contributed by atoms with van der Waals surface area (Å²) in [5.74, 6) is 0.881. The third-order valence-electron chi connectivity index (χ3n) is 3.72. The van der Waals surface area contributed by atoms with Crippen LogP contribution >= 0.6 is 11.3 Å². The summed E-state index contributed by atoms with van der Waals surface area (Å²) < 4.78 is 9.85. The van der Waals surface area contributed by atoms with Crippen molar-refractivity contribution in [1.82, 2.24) is 14.1 Å². The van der Waals surface area contributed by atoms with E-state index in [2.05, 4.69) is 26.4 Å². The van der Waals surface area contributed by atoms with Gasteiger partial charge in [0.25, 0.3) is 0 Å². The maximum atomic E-state index is 5.48. The Morgan fingerprint density at radius 3 is 2.75 bits per heavy atom. The van der Waals surface area contributed by atoms with Gasteiger partial charge in [-0.3, -0.25) is 0 Å². The maximum absolute atomic E-state index is 5.48. The number of benzene rings is 1. The van der Waals surface area contributed by atoms with Gasteiger partial charge in [0.1, 0.15) is 5.75 Å². The summed E-state index contributed by atoms with van der Waals surface area (Å²) in [4.78, 5) is 9.89. The van der Waals surface area contributed by atoms with E-state index in [1.54, 1.807) is 11.3 Å². The van der Waals surface area contributed by atoms with Gasteiger partial charge in [-0.05, 0) is 44.5 Å². The van der Waals surface area contributed by atoms with Crippen molar-refractivity contribution in [2.24, 2.45) is 4.99 Å². The highest BCUT2D eigenvalue weighted by Crippen LogP contribution is 2.18. The van der Waals surface area contributed by atoms with Crippen LogP contribution in [-0.2, 0) is 13.1 Å². The molecule has 5 nitrogen and oxygen atoms in total. The first-order valence-corrected chi connectivity index (χ1v) is 9.02. The molecule has 0 spiro atoms. The lowest BCUT2D eigenvalue weighted by Gasteiger charge is -2.07. The molecule has 3 aromatic rings. The van der Waals surface area contributed by atoms with Crippen LogP contribution in [0.15, 0.2) is 53.4 Å². The second-order valence-electron chi connectivity index (χ2n) is 5.50. The minimum absolute atomic E-state index is 0.678. The predicted octanol–water partition coefficient (Wildman–Crippen LogP) is 3.78. The molecule has 0 aliphatic carbocycles. The van der Waals surface area contributed by atoms with E-state index in [9.17, 15) is 0 Å². The number of rotatable bonds is 7. The van der Waals surface area contributed by atoms with Crippen LogP contribution in [0.25, 0.3) is 0 Å². The van der Waals surface area contributed by atoms with Crippen molar-refractivity contribution in [2.45, 2.75) is 33.4 Å². The summed E-state index contributed by atoms with van der Waals surface area (Å²) in [6.07, 6.45) is 6.72. The normalized spacial score (nSPS) is 11.8. The van der Waals surface area contributed by atoms with Crippen molar-refractivity contribution >= 4 is 17.0 Å². The fourth-order valence-electron chi connectivity index (χ4n) is 2.50.